The Balaban J connectivity index is 2.81. The van der Waals surface area contributed by atoms with E-state index in [1.54, 1.807) is 0 Å². The fraction of sp³-hybridized carbons (Fsp3) is 0.0909. The highest BCUT2D eigenvalue weighted by atomic mass is 19.1. The highest BCUT2D eigenvalue weighted by Gasteiger charge is 2.06. The third kappa shape index (κ3) is 3.94. The summed E-state index contributed by atoms with van der Waals surface area (Å²) in [5.74, 6) is -2.22. The van der Waals surface area contributed by atoms with E-state index in [4.69, 9.17) is 9.84 Å². The summed E-state index contributed by atoms with van der Waals surface area (Å²) in [4.78, 5) is 21.4. The molecule has 6 heteroatoms. The van der Waals surface area contributed by atoms with E-state index in [1.807, 2.05) is 0 Å². The van der Waals surface area contributed by atoms with Gasteiger partial charge in [-0.1, -0.05) is 0 Å². The number of aliphatic carboxylic acids is 1. The van der Waals surface area contributed by atoms with Crippen molar-refractivity contribution < 1.29 is 23.8 Å². The fourth-order valence-electron chi connectivity index (χ4n) is 1.09. The van der Waals surface area contributed by atoms with E-state index >= 15 is 0 Å². The van der Waals surface area contributed by atoms with Crippen molar-refractivity contribution in [3.63, 3.8) is 0 Å². The monoisotopic (exact) mass is 239 g/mol. The van der Waals surface area contributed by atoms with E-state index in [-0.39, 0.29) is 11.4 Å². The van der Waals surface area contributed by atoms with Crippen LogP contribution in [0.4, 0.5) is 10.1 Å². The highest BCUT2D eigenvalue weighted by Crippen LogP contribution is 2.24. The van der Waals surface area contributed by atoms with Gasteiger partial charge < -0.3 is 15.2 Å². The first kappa shape index (κ1) is 12.7. The molecule has 0 aliphatic heterocycles. The number of carbonyl (C=O) groups excluding carboxylic acids is 1. The second kappa shape index (κ2) is 5.64. The summed E-state index contributed by atoms with van der Waals surface area (Å²) in [6, 6.07) is 3.58. The SMILES string of the molecule is COc1cc(F)ccc1NC(=O)C=CC(=O)O. The zero-order valence-electron chi connectivity index (χ0n) is 8.94. The van der Waals surface area contributed by atoms with Gasteiger partial charge in [0.05, 0.1) is 12.8 Å². The van der Waals surface area contributed by atoms with Gasteiger partial charge in [-0.3, -0.25) is 4.79 Å². The Labute approximate surface area is 96.5 Å². The van der Waals surface area contributed by atoms with Crippen molar-refractivity contribution >= 4 is 17.6 Å². The first-order valence-electron chi connectivity index (χ1n) is 4.58. The lowest BCUT2D eigenvalue weighted by Crippen LogP contribution is -2.09. The summed E-state index contributed by atoms with van der Waals surface area (Å²) in [5, 5.41) is 10.7. The molecule has 17 heavy (non-hydrogen) atoms. The van der Waals surface area contributed by atoms with Gasteiger partial charge in [0.25, 0.3) is 0 Å². The molecule has 0 saturated carbocycles. The smallest absolute Gasteiger partial charge is 0.328 e. The molecule has 0 bridgehead atoms. The first-order valence-corrected chi connectivity index (χ1v) is 4.58. The molecule has 2 N–H and O–H groups in total. The Morgan fingerprint density at radius 1 is 1.41 bits per heavy atom. The molecule has 0 aliphatic rings. The molecule has 0 aliphatic carbocycles. The van der Waals surface area contributed by atoms with Crippen LogP contribution in [0.2, 0.25) is 0 Å². The summed E-state index contributed by atoms with van der Waals surface area (Å²) in [6.07, 6.45) is 1.55. The van der Waals surface area contributed by atoms with E-state index in [9.17, 15) is 14.0 Å². The number of methoxy groups -OCH3 is 1. The van der Waals surface area contributed by atoms with Crippen molar-refractivity contribution in [2.45, 2.75) is 0 Å². The lowest BCUT2D eigenvalue weighted by atomic mass is 10.2. The van der Waals surface area contributed by atoms with Gasteiger partial charge in [-0.05, 0) is 12.1 Å². The summed E-state index contributed by atoms with van der Waals surface area (Å²) in [7, 11) is 1.33. The van der Waals surface area contributed by atoms with Crippen LogP contribution in [-0.4, -0.2) is 24.1 Å². The highest BCUT2D eigenvalue weighted by molar-refractivity contribution is 6.03. The van der Waals surface area contributed by atoms with Crippen molar-refractivity contribution in [2.75, 3.05) is 12.4 Å². The van der Waals surface area contributed by atoms with Crippen molar-refractivity contribution in [1.29, 1.82) is 0 Å². The Kier molecular flexibility index (Phi) is 4.21. The number of ether oxygens (including phenoxy) is 1. The number of carboxylic acids is 1. The van der Waals surface area contributed by atoms with E-state index in [0.29, 0.717) is 6.08 Å². The van der Waals surface area contributed by atoms with Crippen molar-refractivity contribution in [1.82, 2.24) is 0 Å². The van der Waals surface area contributed by atoms with Crippen LogP contribution in [0.5, 0.6) is 5.75 Å². The van der Waals surface area contributed by atoms with E-state index < -0.39 is 17.7 Å². The number of hydrogen-bond acceptors (Lipinski definition) is 3. The number of nitrogens with one attached hydrogen (secondary N) is 1. The second-order valence-electron chi connectivity index (χ2n) is 3.01. The molecule has 1 amide bonds. The number of rotatable bonds is 4. The van der Waals surface area contributed by atoms with Crippen LogP contribution in [0, 0.1) is 5.82 Å². The number of benzene rings is 1. The minimum absolute atomic E-state index is 0.155. The van der Waals surface area contributed by atoms with Crippen LogP contribution in [0.1, 0.15) is 0 Å². The molecular formula is C11H10FNO4. The quantitative estimate of drug-likeness (QED) is 0.779. The van der Waals surface area contributed by atoms with Gasteiger partial charge in [0.15, 0.2) is 0 Å². The average Bonchev–Trinajstić information content (AvgIpc) is 2.28. The van der Waals surface area contributed by atoms with Gasteiger partial charge in [-0.15, -0.1) is 0 Å². The third-order valence-electron chi connectivity index (χ3n) is 1.80. The van der Waals surface area contributed by atoms with Gasteiger partial charge in [0, 0.05) is 18.2 Å². The first-order chi connectivity index (χ1) is 8.02. The maximum Gasteiger partial charge on any atom is 0.328 e. The van der Waals surface area contributed by atoms with E-state index in [2.05, 4.69) is 5.32 Å². The molecule has 0 aromatic heterocycles. The number of amides is 1. The lowest BCUT2D eigenvalue weighted by Gasteiger charge is -2.08. The molecule has 0 radical (unpaired) electrons. The normalized spacial score (nSPS) is 10.2. The van der Waals surface area contributed by atoms with Gasteiger partial charge in [0.1, 0.15) is 11.6 Å². The number of hydrogen-bond donors (Lipinski definition) is 2. The van der Waals surface area contributed by atoms with Gasteiger partial charge in [-0.25, -0.2) is 9.18 Å². The largest absolute Gasteiger partial charge is 0.494 e. The number of carboxylic acid groups (broad SMARTS) is 1. The third-order valence-corrected chi connectivity index (χ3v) is 1.80. The molecule has 0 saturated heterocycles. The standard InChI is InChI=1S/C11H10FNO4/c1-17-9-6-7(12)2-3-8(9)13-10(14)4-5-11(15)16/h2-6H,1H3,(H,13,14)(H,15,16). The number of anilines is 1. The maximum atomic E-state index is 12.8. The summed E-state index contributed by atoms with van der Waals surface area (Å²) < 4.78 is 17.7. The predicted octanol–water partition coefficient (Wildman–Crippen LogP) is 1.41. The van der Waals surface area contributed by atoms with Crippen molar-refractivity contribution in [2.24, 2.45) is 0 Å². The Bertz CT molecular complexity index is 471. The van der Waals surface area contributed by atoms with Crippen LogP contribution in [0.15, 0.2) is 30.4 Å². The molecular weight excluding hydrogens is 229 g/mol. The predicted molar refractivity (Wildman–Crippen MR) is 58.4 cm³/mol. The number of carbonyl (C=O) groups is 2. The van der Waals surface area contributed by atoms with Crippen LogP contribution in [0.3, 0.4) is 0 Å². The fourth-order valence-corrected chi connectivity index (χ4v) is 1.09. The molecule has 0 fully saturated rings. The Morgan fingerprint density at radius 3 is 2.71 bits per heavy atom. The Morgan fingerprint density at radius 2 is 2.12 bits per heavy atom. The van der Waals surface area contributed by atoms with Crippen LogP contribution in [-0.2, 0) is 9.59 Å². The van der Waals surface area contributed by atoms with Crippen LogP contribution in [0.25, 0.3) is 0 Å². The second-order valence-corrected chi connectivity index (χ2v) is 3.01. The average molecular weight is 239 g/mol. The molecule has 1 aromatic rings. The molecule has 1 rings (SSSR count). The van der Waals surface area contributed by atoms with Gasteiger partial charge in [-0.2, -0.15) is 0 Å². The lowest BCUT2D eigenvalue weighted by molar-refractivity contribution is -0.131. The zero-order valence-corrected chi connectivity index (χ0v) is 8.94. The molecule has 0 unspecified atom stereocenters. The minimum Gasteiger partial charge on any atom is -0.494 e. The van der Waals surface area contributed by atoms with E-state index in [0.717, 1.165) is 18.2 Å². The van der Waals surface area contributed by atoms with E-state index in [1.165, 1.54) is 13.2 Å². The summed E-state index contributed by atoms with van der Waals surface area (Å²) in [5.41, 5.74) is 0.258. The minimum atomic E-state index is -1.23. The molecule has 0 atom stereocenters. The van der Waals surface area contributed by atoms with Crippen molar-refractivity contribution in [3.8, 4) is 5.75 Å². The maximum absolute atomic E-state index is 12.8. The zero-order chi connectivity index (χ0) is 12.8. The number of halogens is 1. The van der Waals surface area contributed by atoms with Gasteiger partial charge in [0.2, 0.25) is 5.91 Å². The topological polar surface area (TPSA) is 75.6 Å². The molecule has 1 aromatic carbocycles. The van der Waals surface area contributed by atoms with Crippen LogP contribution < -0.4 is 10.1 Å². The molecule has 0 spiro atoms. The van der Waals surface area contributed by atoms with Crippen LogP contribution >= 0.6 is 0 Å². The molecule has 5 nitrogen and oxygen atoms in total. The Hall–Kier alpha value is -2.37. The van der Waals surface area contributed by atoms with Gasteiger partial charge >= 0.3 is 5.97 Å². The molecule has 0 heterocycles. The van der Waals surface area contributed by atoms with Crippen molar-refractivity contribution in [3.05, 3.63) is 36.2 Å². The molecule has 90 valence electrons. The summed E-state index contributed by atoms with van der Waals surface area (Å²) >= 11 is 0. The summed E-state index contributed by atoms with van der Waals surface area (Å²) in [6.45, 7) is 0.